The molecule has 2 atom stereocenters. The number of unbranched alkanes of at least 4 members (excludes halogenated alkanes) is 1. The predicted octanol–water partition coefficient (Wildman–Crippen LogP) is 4.32. The third-order valence-electron chi connectivity index (χ3n) is 8.05. The summed E-state index contributed by atoms with van der Waals surface area (Å²) >= 11 is 0. The molecule has 0 saturated heterocycles. The van der Waals surface area contributed by atoms with E-state index in [1.807, 2.05) is 54.1 Å². The van der Waals surface area contributed by atoms with Crippen molar-refractivity contribution in [1.82, 2.24) is 19.8 Å². The van der Waals surface area contributed by atoms with Crippen molar-refractivity contribution in [2.45, 2.75) is 56.3 Å². The first-order valence-electron chi connectivity index (χ1n) is 14.4. The predicted molar refractivity (Wildman–Crippen MR) is 164 cm³/mol. The van der Waals surface area contributed by atoms with E-state index in [4.69, 9.17) is 0 Å². The summed E-state index contributed by atoms with van der Waals surface area (Å²) in [5.41, 5.74) is 4.15. The summed E-state index contributed by atoms with van der Waals surface area (Å²) in [6.45, 7) is 3.05. The van der Waals surface area contributed by atoms with Crippen molar-refractivity contribution in [1.29, 1.82) is 0 Å². The highest BCUT2D eigenvalue weighted by Crippen LogP contribution is 2.37. The molecule has 11 heteroatoms. The van der Waals surface area contributed by atoms with Gasteiger partial charge in [0, 0.05) is 44.0 Å². The fraction of sp³-hybridized carbons (Fsp3) is 0.281. The van der Waals surface area contributed by atoms with Crippen molar-refractivity contribution in [2.75, 3.05) is 16.2 Å². The summed E-state index contributed by atoms with van der Waals surface area (Å²) in [6, 6.07) is 19.8. The number of rotatable bonds is 9. The molecule has 1 aromatic heterocycles. The Morgan fingerprint density at radius 1 is 0.977 bits per heavy atom. The molecule has 3 amide bonds. The number of para-hydroxylation sites is 2. The van der Waals surface area contributed by atoms with E-state index in [2.05, 4.69) is 15.6 Å². The summed E-state index contributed by atoms with van der Waals surface area (Å²) in [7, 11) is -4.08. The number of nitrogens with one attached hydrogen (secondary N) is 2. The van der Waals surface area contributed by atoms with Gasteiger partial charge in [0.1, 0.15) is 12.2 Å². The van der Waals surface area contributed by atoms with Crippen LogP contribution in [0.2, 0.25) is 0 Å². The minimum absolute atomic E-state index is 0.0892. The normalized spacial score (nSPS) is 17.2. The molecule has 6 rings (SSSR count). The zero-order valence-electron chi connectivity index (χ0n) is 23.9. The number of urea groups is 1. The van der Waals surface area contributed by atoms with Gasteiger partial charge in [-0.15, -0.1) is 0 Å². The number of hydrogen-bond donors (Lipinski definition) is 2. The van der Waals surface area contributed by atoms with Crippen LogP contribution in [0, 0.1) is 6.92 Å². The lowest BCUT2D eigenvalue weighted by Crippen LogP contribution is -2.55. The van der Waals surface area contributed by atoms with E-state index in [1.165, 1.54) is 0 Å². The number of aromatic nitrogens is 2. The van der Waals surface area contributed by atoms with Gasteiger partial charge in [0.05, 0.1) is 16.9 Å². The molecule has 0 radical (unpaired) electrons. The van der Waals surface area contributed by atoms with Crippen LogP contribution in [-0.2, 0) is 34.2 Å². The maximum absolute atomic E-state index is 13.9. The van der Waals surface area contributed by atoms with Gasteiger partial charge in [-0.1, -0.05) is 54.1 Å². The van der Waals surface area contributed by atoms with Crippen LogP contribution in [0.3, 0.4) is 0 Å². The van der Waals surface area contributed by atoms with Crippen molar-refractivity contribution in [3.8, 4) is 0 Å². The highest BCUT2D eigenvalue weighted by Gasteiger charge is 2.43. The lowest BCUT2D eigenvalue weighted by atomic mass is 10.1. The maximum atomic E-state index is 13.9. The van der Waals surface area contributed by atoms with Gasteiger partial charge in [-0.05, 0) is 55.2 Å². The fourth-order valence-electron chi connectivity index (χ4n) is 5.80. The Morgan fingerprint density at radius 2 is 1.72 bits per heavy atom. The van der Waals surface area contributed by atoms with E-state index in [1.54, 1.807) is 53.8 Å². The van der Waals surface area contributed by atoms with Gasteiger partial charge in [-0.25, -0.2) is 18.2 Å². The topological polar surface area (TPSA) is 117 Å². The summed E-state index contributed by atoms with van der Waals surface area (Å²) in [6.07, 6.45) is 7.33. The van der Waals surface area contributed by atoms with Crippen LogP contribution in [0.15, 0.2) is 96.4 Å². The van der Waals surface area contributed by atoms with Crippen molar-refractivity contribution >= 4 is 33.3 Å². The molecule has 2 N–H and O–H groups in total. The van der Waals surface area contributed by atoms with E-state index < -0.39 is 28.0 Å². The van der Waals surface area contributed by atoms with Gasteiger partial charge < -0.3 is 14.8 Å². The number of carbonyl (C=O) groups is 2. The summed E-state index contributed by atoms with van der Waals surface area (Å²) < 4.78 is 30.9. The van der Waals surface area contributed by atoms with Gasteiger partial charge in [-0.3, -0.25) is 14.4 Å². The monoisotopic (exact) mass is 598 g/mol. The van der Waals surface area contributed by atoms with Crippen LogP contribution in [0.25, 0.3) is 0 Å². The Bertz CT molecular complexity index is 1700. The van der Waals surface area contributed by atoms with Crippen molar-refractivity contribution in [3.63, 3.8) is 0 Å². The number of sulfonamides is 1. The highest BCUT2D eigenvalue weighted by atomic mass is 32.2. The molecule has 2 aliphatic heterocycles. The summed E-state index contributed by atoms with van der Waals surface area (Å²) in [5.74, 6) is -0.657. The van der Waals surface area contributed by atoms with Gasteiger partial charge >= 0.3 is 6.03 Å². The number of anilines is 2. The number of carbonyl (C=O) groups excluding carboxylic acids is 2. The van der Waals surface area contributed by atoms with E-state index in [0.717, 1.165) is 39.6 Å². The second-order valence-corrected chi connectivity index (χ2v) is 12.8. The van der Waals surface area contributed by atoms with Crippen molar-refractivity contribution in [2.24, 2.45) is 0 Å². The number of benzene rings is 3. The third kappa shape index (κ3) is 5.85. The van der Waals surface area contributed by atoms with Gasteiger partial charge in [0.2, 0.25) is 0 Å². The first kappa shape index (κ1) is 28.5. The van der Waals surface area contributed by atoms with Crippen LogP contribution in [0.4, 0.5) is 16.2 Å². The second kappa shape index (κ2) is 11.9. The van der Waals surface area contributed by atoms with E-state index in [0.29, 0.717) is 25.1 Å². The average Bonchev–Trinajstić information content (AvgIpc) is 3.76. The Morgan fingerprint density at radius 3 is 2.47 bits per heavy atom. The molecule has 4 aromatic rings. The number of hydrogen-bond acceptors (Lipinski definition) is 6. The average molecular weight is 599 g/mol. The number of nitrogens with zero attached hydrogens (tertiary/aromatic N) is 4. The van der Waals surface area contributed by atoms with E-state index >= 15 is 0 Å². The van der Waals surface area contributed by atoms with Gasteiger partial charge in [0.25, 0.3) is 15.9 Å². The molecule has 222 valence electrons. The molecule has 2 aliphatic rings. The minimum Gasteiger partial charge on any atom is -0.365 e. The third-order valence-corrected chi connectivity index (χ3v) is 9.89. The van der Waals surface area contributed by atoms with Crippen LogP contribution in [0.1, 0.15) is 29.5 Å². The van der Waals surface area contributed by atoms with E-state index in [-0.39, 0.29) is 17.5 Å². The molecular weight excluding hydrogens is 564 g/mol. The molecule has 0 fully saturated rings. The first-order valence-corrected chi connectivity index (χ1v) is 15.9. The highest BCUT2D eigenvalue weighted by molar-refractivity contribution is 7.93. The number of fused-ring (bicyclic) bond motifs is 2. The zero-order chi connectivity index (χ0) is 30.0. The first-order chi connectivity index (χ1) is 20.8. The minimum atomic E-state index is -4.08. The van der Waals surface area contributed by atoms with Crippen molar-refractivity contribution < 1.29 is 18.0 Å². The number of imide groups is 1. The van der Waals surface area contributed by atoms with Crippen LogP contribution in [0.5, 0.6) is 0 Å². The molecule has 0 spiro atoms. The van der Waals surface area contributed by atoms with Gasteiger partial charge in [-0.2, -0.15) is 0 Å². The SMILES string of the molecule is Cc1ccc(S(=O)(=O)N2c3ccccc3CC2C(=O)NC(=O)N(CCCCn2ccnc2)C2Cc3ccccc3N2)cc1. The van der Waals surface area contributed by atoms with Gasteiger partial charge in [0.15, 0.2) is 0 Å². The Balaban J connectivity index is 1.22. The molecule has 0 aliphatic carbocycles. The van der Waals surface area contributed by atoms with E-state index in [9.17, 15) is 18.0 Å². The lowest BCUT2D eigenvalue weighted by Gasteiger charge is -2.31. The number of aryl methyl sites for hydroxylation is 2. The Labute approximate surface area is 251 Å². The van der Waals surface area contributed by atoms with Crippen LogP contribution >= 0.6 is 0 Å². The largest absolute Gasteiger partial charge is 0.365 e. The molecular formula is C32H34N6O4S. The van der Waals surface area contributed by atoms with Crippen LogP contribution in [-0.4, -0.2) is 53.6 Å². The fourth-order valence-corrected chi connectivity index (χ4v) is 7.45. The maximum Gasteiger partial charge on any atom is 0.325 e. The quantitative estimate of drug-likeness (QED) is 0.277. The lowest BCUT2D eigenvalue weighted by molar-refractivity contribution is -0.121. The number of amides is 3. The zero-order valence-corrected chi connectivity index (χ0v) is 24.7. The molecule has 10 nitrogen and oxygen atoms in total. The Hall–Kier alpha value is -4.64. The summed E-state index contributed by atoms with van der Waals surface area (Å²) in [5, 5.41) is 5.98. The molecule has 2 unspecified atom stereocenters. The van der Waals surface area contributed by atoms with Crippen LogP contribution < -0.4 is 14.9 Å². The summed E-state index contributed by atoms with van der Waals surface area (Å²) in [4.78, 5) is 33.4. The number of imidazole rings is 1. The molecule has 43 heavy (non-hydrogen) atoms. The molecule has 0 bridgehead atoms. The Kier molecular flexibility index (Phi) is 7.90. The van der Waals surface area contributed by atoms with Crippen molar-refractivity contribution in [3.05, 3.63) is 108 Å². The molecule has 0 saturated carbocycles. The molecule has 3 aromatic carbocycles. The smallest absolute Gasteiger partial charge is 0.325 e. The molecule has 3 heterocycles. The second-order valence-electron chi connectivity index (χ2n) is 11.0. The standard InChI is InChI=1S/C32H34N6O4S/c1-23-12-14-26(15-13-23)43(41,42)38-28-11-5-3-9-25(28)20-29(38)31(39)35-32(40)37(18-7-6-17-36-19-16-33-22-36)30-21-24-8-2-4-10-27(24)34-30/h2-5,8-16,19,22,29-30,34H,6-7,17-18,20-21H2,1H3,(H,35,39,40).